The van der Waals surface area contributed by atoms with Gasteiger partial charge in [-0.3, -0.25) is 4.79 Å². The van der Waals surface area contributed by atoms with Gasteiger partial charge in [-0.1, -0.05) is 0 Å². The van der Waals surface area contributed by atoms with E-state index in [2.05, 4.69) is 5.32 Å². The number of ether oxygens (including phenoxy) is 1. The van der Waals surface area contributed by atoms with Crippen molar-refractivity contribution in [1.29, 1.82) is 0 Å². The minimum Gasteiger partial charge on any atom is -0.497 e. The molecule has 0 heterocycles. The Balaban J connectivity index is 1.80. The standard InChI is InChI=1S/C15H21NO3/c1-19-14-8-6-13(7-9-14)16-12-4-2-11(3-5-12)10-15(17)18/h6-9,11-12,16H,2-5,10H2,1H3,(H,17,18). The quantitative estimate of drug-likeness (QED) is 0.856. The second-order valence-corrected chi connectivity index (χ2v) is 5.19. The molecule has 0 unspecified atom stereocenters. The molecular weight excluding hydrogens is 242 g/mol. The minimum atomic E-state index is -0.674. The summed E-state index contributed by atoms with van der Waals surface area (Å²) in [5.41, 5.74) is 1.10. The van der Waals surface area contributed by atoms with Gasteiger partial charge in [0, 0.05) is 18.2 Å². The van der Waals surface area contributed by atoms with Crippen molar-refractivity contribution in [2.45, 2.75) is 38.1 Å². The number of carboxylic acids is 1. The maximum Gasteiger partial charge on any atom is 0.303 e. The number of anilines is 1. The van der Waals surface area contributed by atoms with Gasteiger partial charge in [-0.05, 0) is 55.9 Å². The molecule has 0 spiro atoms. The van der Waals surface area contributed by atoms with Crippen LogP contribution in [0.3, 0.4) is 0 Å². The van der Waals surface area contributed by atoms with Crippen LogP contribution in [-0.2, 0) is 4.79 Å². The Morgan fingerprint density at radius 1 is 1.26 bits per heavy atom. The topological polar surface area (TPSA) is 58.6 Å². The van der Waals surface area contributed by atoms with Crippen molar-refractivity contribution >= 4 is 11.7 Å². The number of nitrogens with one attached hydrogen (secondary N) is 1. The predicted octanol–water partition coefficient (Wildman–Crippen LogP) is 3.14. The second-order valence-electron chi connectivity index (χ2n) is 5.19. The molecule has 1 saturated carbocycles. The predicted molar refractivity (Wildman–Crippen MR) is 74.6 cm³/mol. The van der Waals surface area contributed by atoms with Crippen molar-refractivity contribution in [2.75, 3.05) is 12.4 Å². The van der Waals surface area contributed by atoms with E-state index in [9.17, 15) is 4.79 Å². The molecule has 4 nitrogen and oxygen atoms in total. The fourth-order valence-corrected chi connectivity index (χ4v) is 2.68. The van der Waals surface area contributed by atoms with Crippen molar-refractivity contribution in [3.63, 3.8) is 0 Å². The molecule has 1 aliphatic carbocycles. The van der Waals surface area contributed by atoms with Crippen molar-refractivity contribution in [2.24, 2.45) is 5.92 Å². The number of aliphatic carboxylic acids is 1. The highest BCUT2D eigenvalue weighted by atomic mass is 16.5. The van der Waals surface area contributed by atoms with Crippen LogP contribution in [0.5, 0.6) is 5.75 Å². The highest BCUT2D eigenvalue weighted by Gasteiger charge is 2.22. The van der Waals surface area contributed by atoms with Crippen LogP contribution in [0.4, 0.5) is 5.69 Å². The summed E-state index contributed by atoms with van der Waals surface area (Å²) in [6.07, 6.45) is 4.41. The van der Waals surface area contributed by atoms with Gasteiger partial charge in [0.1, 0.15) is 5.75 Å². The van der Waals surface area contributed by atoms with Gasteiger partial charge >= 0.3 is 5.97 Å². The van der Waals surface area contributed by atoms with Crippen LogP contribution >= 0.6 is 0 Å². The molecule has 2 N–H and O–H groups in total. The van der Waals surface area contributed by atoms with E-state index in [1.54, 1.807) is 7.11 Å². The van der Waals surface area contributed by atoms with Crippen LogP contribution in [0.2, 0.25) is 0 Å². The van der Waals surface area contributed by atoms with E-state index in [4.69, 9.17) is 9.84 Å². The van der Waals surface area contributed by atoms with Gasteiger partial charge in [0.05, 0.1) is 7.11 Å². The first-order chi connectivity index (χ1) is 9.17. The number of rotatable bonds is 5. The third-order valence-electron chi connectivity index (χ3n) is 3.77. The number of hydrogen-bond donors (Lipinski definition) is 2. The minimum absolute atomic E-state index is 0.315. The molecule has 104 valence electrons. The average molecular weight is 263 g/mol. The number of methoxy groups -OCH3 is 1. The summed E-state index contributed by atoms with van der Waals surface area (Å²) in [6, 6.07) is 8.37. The van der Waals surface area contributed by atoms with Gasteiger partial charge in [-0.15, -0.1) is 0 Å². The number of carbonyl (C=O) groups is 1. The van der Waals surface area contributed by atoms with E-state index < -0.39 is 5.97 Å². The third kappa shape index (κ3) is 4.16. The molecule has 0 bridgehead atoms. The first kappa shape index (κ1) is 13.7. The molecule has 0 amide bonds. The summed E-state index contributed by atoms with van der Waals surface area (Å²) in [6.45, 7) is 0. The van der Waals surface area contributed by atoms with E-state index >= 15 is 0 Å². The van der Waals surface area contributed by atoms with Crippen LogP contribution in [-0.4, -0.2) is 24.2 Å². The lowest BCUT2D eigenvalue weighted by Crippen LogP contribution is -2.27. The lowest BCUT2D eigenvalue weighted by molar-refractivity contribution is -0.138. The summed E-state index contributed by atoms with van der Waals surface area (Å²) >= 11 is 0. The Kier molecular flexibility index (Phi) is 4.66. The number of benzene rings is 1. The summed E-state index contributed by atoms with van der Waals surface area (Å²) in [7, 11) is 1.66. The fourth-order valence-electron chi connectivity index (χ4n) is 2.68. The lowest BCUT2D eigenvalue weighted by Gasteiger charge is -2.29. The third-order valence-corrected chi connectivity index (χ3v) is 3.77. The van der Waals surface area contributed by atoms with Crippen molar-refractivity contribution < 1.29 is 14.6 Å². The lowest BCUT2D eigenvalue weighted by atomic mass is 9.84. The first-order valence-electron chi connectivity index (χ1n) is 6.79. The van der Waals surface area contributed by atoms with E-state index in [0.29, 0.717) is 18.4 Å². The average Bonchev–Trinajstić information content (AvgIpc) is 2.41. The van der Waals surface area contributed by atoms with Crippen LogP contribution < -0.4 is 10.1 Å². The summed E-state index contributed by atoms with van der Waals surface area (Å²) in [5.74, 6) is 0.536. The molecule has 1 aromatic rings. The van der Waals surface area contributed by atoms with Gasteiger partial charge < -0.3 is 15.2 Å². The first-order valence-corrected chi connectivity index (χ1v) is 6.79. The molecule has 0 aliphatic heterocycles. The van der Waals surface area contributed by atoms with Crippen LogP contribution in [0.25, 0.3) is 0 Å². The highest BCUT2D eigenvalue weighted by molar-refractivity contribution is 5.67. The monoisotopic (exact) mass is 263 g/mol. The maximum absolute atomic E-state index is 10.7. The Morgan fingerprint density at radius 2 is 1.89 bits per heavy atom. The van der Waals surface area contributed by atoms with Crippen molar-refractivity contribution in [1.82, 2.24) is 0 Å². The molecule has 19 heavy (non-hydrogen) atoms. The smallest absolute Gasteiger partial charge is 0.303 e. The van der Waals surface area contributed by atoms with E-state index in [-0.39, 0.29) is 0 Å². The molecule has 1 aliphatic rings. The largest absolute Gasteiger partial charge is 0.497 e. The molecule has 0 atom stereocenters. The SMILES string of the molecule is COc1ccc(NC2CCC(CC(=O)O)CC2)cc1. The Bertz CT molecular complexity index is 408. The Labute approximate surface area is 113 Å². The molecular formula is C15H21NO3. The van der Waals surface area contributed by atoms with Crippen molar-refractivity contribution in [3.8, 4) is 5.75 Å². The summed E-state index contributed by atoms with van der Waals surface area (Å²) < 4.78 is 5.13. The normalized spacial score (nSPS) is 22.8. The van der Waals surface area contributed by atoms with Gasteiger partial charge in [0.2, 0.25) is 0 Å². The zero-order chi connectivity index (χ0) is 13.7. The molecule has 4 heteroatoms. The van der Waals surface area contributed by atoms with E-state index in [0.717, 1.165) is 37.1 Å². The van der Waals surface area contributed by atoms with Gasteiger partial charge in [0.15, 0.2) is 0 Å². The molecule has 1 fully saturated rings. The van der Waals surface area contributed by atoms with Gasteiger partial charge in [0.25, 0.3) is 0 Å². The van der Waals surface area contributed by atoms with Crippen LogP contribution in [0, 0.1) is 5.92 Å². The second kappa shape index (κ2) is 6.45. The zero-order valence-corrected chi connectivity index (χ0v) is 11.3. The van der Waals surface area contributed by atoms with Gasteiger partial charge in [-0.2, -0.15) is 0 Å². The Hall–Kier alpha value is -1.71. The van der Waals surface area contributed by atoms with Crippen molar-refractivity contribution in [3.05, 3.63) is 24.3 Å². The van der Waals surface area contributed by atoms with Crippen LogP contribution in [0.15, 0.2) is 24.3 Å². The molecule has 0 radical (unpaired) electrons. The summed E-state index contributed by atoms with van der Waals surface area (Å²) in [5, 5.41) is 12.3. The van der Waals surface area contributed by atoms with Crippen LogP contribution in [0.1, 0.15) is 32.1 Å². The van der Waals surface area contributed by atoms with E-state index in [1.807, 2.05) is 24.3 Å². The summed E-state index contributed by atoms with van der Waals surface area (Å²) in [4.78, 5) is 10.7. The molecule has 1 aromatic carbocycles. The highest BCUT2D eigenvalue weighted by Crippen LogP contribution is 2.29. The maximum atomic E-state index is 10.7. The number of hydrogen-bond acceptors (Lipinski definition) is 3. The van der Waals surface area contributed by atoms with E-state index in [1.165, 1.54) is 0 Å². The zero-order valence-electron chi connectivity index (χ0n) is 11.3. The van der Waals surface area contributed by atoms with Gasteiger partial charge in [-0.25, -0.2) is 0 Å². The molecule has 2 rings (SSSR count). The molecule has 0 saturated heterocycles. The molecule has 0 aromatic heterocycles. The Morgan fingerprint density at radius 3 is 2.42 bits per heavy atom. The number of carboxylic acid groups (broad SMARTS) is 1. The fraction of sp³-hybridized carbons (Fsp3) is 0.533.